The summed E-state index contributed by atoms with van der Waals surface area (Å²) < 4.78 is 0. The van der Waals surface area contributed by atoms with Crippen LogP contribution in [0.5, 0.6) is 0 Å². The topological polar surface area (TPSA) is 32.3 Å². The maximum Gasteiger partial charge on any atom is 0.0639 e. The molecule has 1 aromatic rings. The monoisotopic (exact) mass is 219 g/mol. The molecule has 0 amide bonds. The predicted molar refractivity (Wildman–Crippen MR) is 67.5 cm³/mol. The van der Waals surface area contributed by atoms with Crippen molar-refractivity contribution in [3.8, 4) is 0 Å². The Hall–Kier alpha value is -1.02. The molecule has 1 fully saturated rings. The highest BCUT2D eigenvalue weighted by Crippen LogP contribution is 2.35. The highest BCUT2D eigenvalue weighted by atomic mass is 16.3. The van der Waals surface area contributed by atoms with Crippen molar-refractivity contribution in [1.82, 2.24) is 0 Å². The van der Waals surface area contributed by atoms with E-state index >= 15 is 0 Å². The van der Waals surface area contributed by atoms with Crippen LogP contribution in [0.3, 0.4) is 0 Å². The zero-order valence-electron chi connectivity index (χ0n) is 10.1. The van der Waals surface area contributed by atoms with E-state index in [1.165, 1.54) is 6.42 Å². The van der Waals surface area contributed by atoms with Gasteiger partial charge in [0.2, 0.25) is 0 Å². The summed E-state index contributed by atoms with van der Waals surface area (Å²) >= 11 is 0. The Morgan fingerprint density at radius 3 is 2.50 bits per heavy atom. The maximum atomic E-state index is 10.1. The van der Waals surface area contributed by atoms with E-state index in [0.29, 0.717) is 12.0 Å². The van der Waals surface area contributed by atoms with Crippen LogP contribution < -0.4 is 5.32 Å². The standard InChI is InChI=1S/C14H21NO/c1-14(2,16)12-9-6-10-13(12)15-11-7-4-3-5-8-11/h3-5,7-8,12-13,15-16H,6,9-10H2,1-2H3. The van der Waals surface area contributed by atoms with Gasteiger partial charge in [0.1, 0.15) is 0 Å². The van der Waals surface area contributed by atoms with Crippen LogP contribution in [0.15, 0.2) is 30.3 Å². The van der Waals surface area contributed by atoms with Crippen molar-refractivity contribution in [3.05, 3.63) is 30.3 Å². The highest BCUT2D eigenvalue weighted by molar-refractivity contribution is 5.43. The lowest BCUT2D eigenvalue weighted by Gasteiger charge is -2.32. The summed E-state index contributed by atoms with van der Waals surface area (Å²) in [5.41, 5.74) is 0.576. The zero-order chi connectivity index (χ0) is 11.6. The molecular weight excluding hydrogens is 198 g/mol. The second-order valence-corrected chi connectivity index (χ2v) is 5.31. The first-order chi connectivity index (χ1) is 7.57. The van der Waals surface area contributed by atoms with Crippen LogP contribution >= 0.6 is 0 Å². The number of anilines is 1. The molecule has 2 rings (SSSR count). The Labute approximate surface area is 97.7 Å². The lowest BCUT2D eigenvalue weighted by atomic mass is 9.86. The van der Waals surface area contributed by atoms with Gasteiger partial charge in [-0.05, 0) is 38.8 Å². The normalized spacial score (nSPS) is 25.7. The number of hydrogen-bond acceptors (Lipinski definition) is 2. The summed E-state index contributed by atoms with van der Waals surface area (Å²) in [6.45, 7) is 3.84. The Bertz CT molecular complexity index is 328. The van der Waals surface area contributed by atoms with Gasteiger partial charge >= 0.3 is 0 Å². The molecule has 0 radical (unpaired) electrons. The highest BCUT2D eigenvalue weighted by Gasteiger charge is 2.37. The van der Waals surface area contributed by atoms with Gasteiger partial charge in [0.15, 0.2) is 0 Å². The fraction of sp³-hybridized carbons (Fsp3) is 0.571. The third kappa shape index (κ3) is 2.56. The number of rotatable bonds is 3. The van der Waals surface area contributed by atoms with E-state index in [1.54, 1.807) is 0 Å². The lowest BCUT2D eigenvalue weighted by molar-refractivity contribution is 0.0161. The SMILES string of the molecule is CC(C)(O)C1CCCC1Nc1ccccc1. The van der Waals surface area contributed by atoms with E-state index in [9.17, 15) is 5.11 Å². The van der Waals surface area contributed by atoms with E-state index < -0.39 is 5.60 Å². The summed E-state index contributed by atoms with van der Waals surface area (Å²) in [5.74, 6) is 0.354. The minimum Gasteiger partial charge on any atom is -0.390 e. The van der Waals surface area contributed by atoms with E-state index in [4.69, 9.17) is 0 Å². The summed E-state index contributed by atoms with van der Waals surface area (Å²) in [4.78, 5) is 0. The molecular formula is C14H21NO. The van der Waals surface area contributed by atoms with Crippen LogP contribution in [0.1, 0.15) is 33.1 Å². The molecule has 1 aliphatic carbocycles. The molecule has 16 heavy (non-hydrogen) atoms. The molecule has 2 unspecified atom stereocenters. The van der Waals surface area contributed by atoms with Crippen molar-refractivity contribution in [2.75, 3.05) is 5.32 Å². The van der Waals surface area contributed by atoms with Crippen molar-refractivity contribution in [1.29, 1.82) is 0 Å². The second-order valence-electron chi connectivity index (χ2n) is 5.31. The number of aliphatic hydroxyl groups is 1. The van der Waals surface area contributed by atoms with Gasteiger partial charge < -0.3 is 10.4 Å². The van der Waals surface area contributed by atoms with E-state index in [1.807, 2.05) is 32.0 Å². The van der Waals surface area contributed by atoms with Crippen LogP contribution in [0.25, 0.3) is 0 Å². The quantitative estimate of drug-likeness (QED) is 0.819. The first kappa shape index (κ1) is 11.5. The molecule has 1 saturated carbocycles. The lowest BCUT2D eigenvalue weighted by Crippen LogP contribution is -2.39. The third-order valence-corrected chi connectivity index (χ3v) is 3.55. The number of para-hydroxylation sites is 1. The summed E-state index contributed by atoms with van der Waals surface area (Å²) in [6, 6.07) is 10.7. The molecule has 1 aliphatic rings. The van der Waals surface area contributed by atoms with Crippen molar-refractivity contribution in [2.24, 2.45) is 5.92 Å². The fourth-order valence-electron chi connectivity index (χ4n) is 2.73. The zero-order valence-corrected chi connectivity index (χ0v) is 10.1. The van der Waals surface area contributed by atoms with Crippen LogP contribution in [0.4, 0.5) is 5.69 Å². The molecule has 2 atom stereocenters. The van der Waals surface area contributed by atoms with Crippen molar-refractivity contribution in [3.63, 3.8) is 0 Å². The van der Waals surface area contributed by atoms with Crippen molar-refractivity contribution in [2.45, 2.75) is 44.8 Å². The largest absolute Gasteiger partial charge is 0.390 e. The minimum atomic E-state index is -0.580. The fourth-order valence-corrected chi connectivity index (χ4v) is 2.73. The average molecular weight is 219 g/mol. The van der Waals surface area contributed by atoms with E-state index in [2.05, 4.69) is 17.4 Å². The van der Waals surface area contributed by atoms with Crippen LogP contribution in [-0.4, -0.2) is 16.7 Å². The molecule has 0 aliphatic heterocycles. The smallest absolute Gasteiger partial charge is 0.0639 e. The van der Waals surface area contributed by atoms with Gasteiger partial charge in [-0.15, -0.1) is 0 Å². The molecule has 0 aromatic heterocycles. The number of benzene rings is 1. The molecule has 0 bridgehead atoms. The Kier molecular flexibility index (Phi) is 3.20. The Morgan fingerprint density at radius 2 is 1.88 bits per heavy atom. The van der Waals surface area contributed by atoms with Gasteiger partial charge in [-0.2, -0.15) is 0 Å². The molecule has 2 heteroatoms. The number of hydrogen-bond donors (Lipinski definition) is 2. The van der Waals surface area contributed by atoms with E-state index in [-0.39, 0.29) is 0 Å². The van der Waals surface area contributed by atoms with Crippen LogP contribution in [0, 0.1) is 5.92 Å². The van der Waals surface area contributed by atoms with Gasteiger partial charge in [-0.1, -0.05) is 24.6 Å². The Morgan fingerprint density at radius 1 is 1.19 bits per heavy atom. The van der Waals surface area contributed by atoms with Gasteiger partial charge in [0.25, 0.3) is 0 Å². The first-order valence-electron chi connectivity index (χ1n) is 6.11. The predicted octanol–water partition coefficient (Wildman–Crippen LogP) is 3.04. The third-order valence-electron chi connectivity index (χ3n) is 3.55. The van der Waals surface area contributed by atoms with Crippen molar-refractivity contribution < 1.29 is 5.11 Å². The minimum absolute atomic E-state index is 0.354. The molecule has 2 N–H and O–H groups in total. The Balaban J connectivity index is 2.05. The van der Waals surface area contributed by atoms with Gasteiger partial charge in [0.05, 0.1) is 5.60 Å². The number of nitrogens with one attached hydrogen (secondary N) is 1. The van der Waals surface area contributed by atoms with Gasteiger partial charge in [-0.3, -0.25) is 0 Å². The molecule has 2 nitrogen and oxygen atoms in total. The molecule has 88 valence electrons. The summed E-state index contributed by atoms with van der Waals surface area (Å²) in [5, 5.41) is 13.7. The van der Waals surface area contributed by atoms with Gasteiger partial charge in [-0.25, -0.2) is 0 Å². The van der Waals surface area contributed by atoms with E-state index in [0.717, 1.165) is 18.5 Å². The second kappa shape index (κ2) is 4.46. The van der Waals surface area contributed by atoms with Gasteiger partial charge in [0, 0.05) is 17.6 Å². The van der Waals surface area contributed by atoms with Crippen LogP contribution in [-0.2, 0) is 0 Å². The molecule has 1 aromatic carbocycles. The van der Waals surface area contributed by atoms with Crippen LogP contribution in [0.2, 0.25) is 0 Å². The molecule has 0 spiro atoms. The summed E-state index contributed by atoms with van der Waals surface area (Å²) in [7, 11) is 0. The summed E-state index contributed by atoms with van der Waals surface area (Å²) in [6.07, 6.45) is 3.48. The maximum absolute atomic E-state index is 10.1. The van der Waals surface area contributed by atoms with Crippen molar-refractivity contribution >= 4 is 5.69 Å². The molecule has 0 heterocycles. The molecule has 0 saturated heterocycles. The average Bonchev–Trinajstić information content (AvgIpc) is 2.67. The first-order valence-corrected chi connectivity index (χ1v) is 6.11.